The first kappa shape index (κ1) is 22.0. The average molecular weight is 379 g/mol. The second-order valence-electron chi connectivity index (χ2n) is 6.01. The molecular formula is C19H25NO7. The summed E-state index contributed by atoms with van der Waals surface area (Å²) in [6, 6.07) is 5.22. The van der Waals surface area contributed by atoms with Crippen molar-refractivity contribution in [2.45, 2.75) is 26.9 Å². The highest BCUT2D eigenvalue weighted by molar-refractivity contribution is 5.96. The van der Waals surface area contributed by atoms with Crippen LogP contribution in [0.25, 0.3) is 6.08 Å². The molecule has 0 saturated carbocycles. The Morgan fingerprint density at radius 1 is 1.11 bits per heavy atom. The number of nitrogens with one attached hydrogen (secondary N) is 1. The average Bonchev–Trinajstić information content (AvgIpc) is 2.64. The van der Waals surface area contributed by atoms with E-state index in [0.717, 1.165) is 7.11 Å². The summed E-state index contributed by atoms with van der Waals surface area (Å²) >= 11 is 0. The van der Waals surface area contributed by atoms with Gasteiger partial charge in [-0.15, -0.1) is 0 Å². The van der Waals surface area contributed by atoms with E-state index in [1.807, 2.05) is 19.2 Å². The lowest BCUT2D eigenvalue weighted by Crippen LogP contribution is -2.39. The van der Waals surface area contributed by atoms with E-state index in [1.165, 1.54) is 26.2 Å². The highest BCUT2D eigenvalue weighted by atomic mass is 16.6. The van der Waals surface area contributed by atoms with E-state index in [0.29, 0.717) is 29.6 Å². The normalized spacial score (nSPS) is 11.8. The van der Waals surface area contributed by atoms with E-state index in [9.17, 15) is 14.4 Å². The number of imide groups is 1. The molecule has 1 aromatic rings. The monoisotopic (exact) mass is 379 g/mol. The van der Waals surface area contributed by atoms with Crippen LogP contribution >= 0.6 is 0 Å². The van der Waals surface area contributed by atoms with Gasteiger partial charge >= 0.3 is 12.1 Å². The van der Waals surface area contributed by atoms with Crippen LogP contribution < -0.4 is 14.8 Å². The summed E-state index contributed by atoms with van der Waals surface area (Å²) in [5.74, 6) is 0.0111. The number of methoxy groups -OCH3 is 2. The number of ether oxygens (including phenoxy) is 4. The van der Waals surface area contributed by atoms with Crippen molar-refractivity contribution < 1.29 is 33.3 Å². The van der Waals surface area contributed by atoms with Gasteiger partial charge < -0.3 is 18.9 Å². The van der Waals surface area contributed by atoms with E-state index >= 15 is 0 Å². The van der Waals surface area contributed by atoms with Crippen molar-refractivity contribution in [2.75, 3.05) is 20.8 Å². The number of hydrogen-bond acceptors (Lipinski definition) is 7. The lowest BCUT2D eigenvalue weighted by atomic mass is 10.2. The molecule has 0 bridgehead atoms. The molecule has 0 fully saturated rings. The summed E-state index contributed by atoms with van der Waals surface area (Å²) in [6.45, 7) is 5.99. The molecule has 0 spiro atoms. The Morgan fingerprint density at radius 3 is 2.41 bits per heavy atom. The maximum Gasteiger partial charge on any atom is 0.413 e. The quantitative estimate of drug-likeness (QED) is 0.547. The van der Waals surface area contributed by atoms with Crippen LogP contribution in [0.4, 0.5) is 4.79 Å². The van der Waals surface area contributed by atoms with Gasteiger partial charge in [-0.1, -0.05) is 19.9 Å². The number of carbonyl (C=O) groups excluding carboxylic acids is 3. The highest BCUT2D eigenvalue weighted by Gasteiger charge is 2.19. The number of esters is 1. The number of benzene rings is 1. The Kier molecular flexibility index (Phi) is 8.84. The fraction of sp³-hybridized carbons (Fsp3) is 0.421. The first-order valence-electron chi connectivity index (χ1n) is 8.35. The first-order valence-corrected chi connectivity index (χ1v) is 8.35. The van der Waals surface area contributed by atoms with E-state index < -0.39 is 24.1 Å². The van der Waals surface area contributed by atoms with Gasteiger partial charge in [0, 0.05) is 6.08 Å². The third kappa shape index (κ3) is 7.81. The number of alkyl carbamates (subject to hydrolysis) is 1. The van der Waals surface area contributed by atoms with E-state index in [2.05, 4.69) is 4.74 Å². The van der Waals surface area contributed by atoms with Gasteiger partial charge in [0.15, 0.2) is 17.6 Å². The predicted octanol–water partition coefficient (Wildman–Crippen LogP) is 2.56. The Balaban J connectivity index is 2.68. The standard InChI is InChI=1S/C19H25NO7/c1-12(2)11-26-15-8-6-14(10-16(15)24-4)7-9-17(21)27-13(3)18(22)20-19(23)25-5/h6-10,12-13H,11H2,1-5H3,(H,20,22,23)/b9-7+/t13-/m1/s1. The maximum atomic E-state index is 11.8. The van der Waals surface area contributed by atoms with Gasteiger partial charge in [0.05, 0.1) is 20.8 Å². The minimum atomic E-state index is -1.15. The number of carbonyl (C=O) groups is 3. The number of amides is 2. The zero-order chi connectivity index (χ0) is 20.4. The van der Waals surface area contributed by atoms with E-state index in [1.54, 1.807) is 18.2 Å². The lowest BCUT2D eigenvalue weighted by molar-refractivity contribution is -0.149. The van der Waals surface area contributed by atoms with Gasteiger partial charge in [-0.3, -0.25) is 10.1 Å². The smallest absolute Gasteiger partial charge is 0.413 e. The maximum absolute atomic E-state index is 11.8. The zero-order valence-electron chi connectivity index (χ0n) is 16.1. The summed E-state index contributed by atoms with van der Waals surface area (Å²) in [4.78, 5) is 34.4. The van der Waals surface area contributed by atoms with Gasteiger partial charge in [-0.25, -0.2) is 9.59 Å². The number of hydrogen-bond donors (Lipinski definition) is 1. The molecule has 0 heterocycles. The predicted molar refractivity (Wildman–Crippen MR) is 98.5 cm³/mol. The molecular weight excluding hydrogens is 354 g/mol. The fourth-order valence-corrected chi connectivity index (χ4v) is 1.85. The largest absolute Gasteiger partial charge is 0.493 e. The molecule has 1 rings (SSSR count). The molecule has 0 aromatic heterocycles. The van der Waals surface area contributed by atoms with Crippen LogP contribution in [-0.4, -0.2) is 44.9 Å². The van der Waals surface area contributed by atoms with E-state index in [4.69, 9.17) is 14.2 Å². The Morgan fingerprint density at radius 2 is 1.81 bits per heavy atom. The molecule has 1 aromatic carbocycles. The van der Waals surface area contributed by atoms with Crippen molar-refractivity contribution in [3.05, 3.63) is 29.8 Å². The van der Waals surface area contributed by atoms with Crippen LogP contribution in [-0.2, 0) is 19.1 Å². The molecule has 8 nitrogen and oxygen atoms in total. The van der Waals surface area contributed by atoms with Gasteiger partial charge in [0.1, 0.15) is 0 Å². The molecule has 1 N–H and O–H groups in total. The molecule has 2 amide bonds. The molecule has 27 heavy (non-hydrogen) atoms. The number of rotatable bonds is 8. The van der Waals surface area contributed by atoms with Crippen molar-refractivity contribution in [3.63, 3.8) is 0 Å². The van der Waals surface area contributed by atoms with Gasteiger partial charge in [-0.2, -0.15) is 0 Å². The van der Waals surface area contributed by atoms with Crippen LogP contribution in [0.3, 0.4) is 0 Å². The SMILES string of the molecule is COC(=O)NC(=O)[C@@H](C)OC(=O)/C=C/c1ccc(OCC(C)C)c(OC)c1. The second kappa shape index (κ2) is 10.8. The van der Waals surface area contributed by atoms with Crippen molar-refractivity contribution in [2.24, 2.45) is 5.92 Å². The molecule has 0 unspecified atom stereocenters. The van der Waals surface area contributed by atoms with Crippen molar-refractivity contribution in [1.82, 2.24) is 5.32 Å². The molecule has 1 atom stereocenters. The van der Waals surface area contributed by atoms with Gasteiger partial charge in [-0.05, 0) is 36.6 Å². The third-order valence-corrected chi connectivity index (χ3v) is 3.24. The molecule has 148 valence electrons. The Labute approximate surface area is 158 Å². The summed E-state index contributed by atoms with van der Waals surface area (Å²) in [5.41, 5.74) is 0.687. The van der Waals surface area contributed by atoms with Crippen LogP contribution in [0.5, 0.6) is 11.5 Å². The minimum absolute atomic E-state index is 0.377. The summed E-state index contributed by atoms with van der Waals surface area (Å²) in [6.07, 6.45) is 0.612. The van der Waals surface area contributed by atoms with Crippen LogP contribution in [0.15, 0.2) is 24.3 Å². The second-order valence-corrected chi connectivity index (χ2v) is 6.01. The summed E-state index contributed by atoms with van der Waals surface area (Å²) in [5, 5.41) is 1.92. The molecule has 0 aliphatic rings. The fourth-order valence-electron chi connectivity index (χ4n) is 1.85. The molecule has 0 aliphatic carbocycles. The first-order chi connectivity index (χ1) is 12.8. The van der Waals surface area contributed by atoms with Crippen LogP contribution in [0.2, 0.25) is 0 Å². The van der Waals surface area contributed by atoms with Crippen molar-refractivity contribution >= 4 is 24.0 Å². The Hall–Kier alpha value is -3.03. The molecule has 0 radical (unpaired) electrons. The summed E-state index contributed by atoms with van der Waals surface area (Å²) < 4.78 is 20.2. The van der Waals surface area contributed by atoms with Crippen LogP contribution in [0, 0.1) is 5.92 Å². The Bertz CT molecular complexity index is 697. The van der Waals surface area contributed by atoms with E-state index in [-0.39, 0.29) is 0 Å². The topological polar surface area (TPSA) is 100 Å². The minimum Gasteiger partial charge on any atom is -0.493 e. The molecule has 0 aliphatic heterocycles. The zero-order valence-corrected chi connectivity index (χ0v) is 16.1. The van der Waals surface area contributed by atoms with Gasteiger partial charge in [0.25, 0.3) is 5.91 Å². The lowest BCUT2D eigenvalue weighted by Gasteiger charge is -2.13. The van der Waals surface area contributed by atoms with Gasteiger partial charge in [0.2, 0.25) is 0 Å². The van der Waals surface area contributed by atoms with Crippen molar-refractivity contribution in [3.8, 4) is 11.5 Å². The van der Waals surface area contributed by atoms with Crippen molar-refractivity contribution in [1.29, 1.82) is 0 Å². The molecule has 0 saturated heterocycles. The highest BCUT2D eigenvalue weighted by Crippen LogP contribution is 2.29. The summed E-state index contributed by atoms with van der Waals surface area (Å²) in [7, 11) is 2.65. The third-order valence-electron chi connectivity index (χ3n) is 3.24. The van der Waals surface area contributed by atoms with Crippen LogP contribution in [0.1, 0.15) is 26.3 Å². The molecule has 8 heteroatoms.